The van der Waals surface area contributed by atoms with Gasteiger partial charge in [-0.05, 0) is 43.2 Å². The molecule has 2 rings (SSSR count). The molecule has 0 saturated carbocycles. The van der Waals surface area contributed by atoms with Crippen molar-refractivity contribution in [3.63, 3.8) is 0 Å². The maximum absolute atomic E-state index is 4.55. The van der Waals surface area contributed by atoms with Gasteiger partial charge in [-0.25, -0.2) is 0 Å². The number of hydrogen-bond donors (Lipinski definition) is 0. The van der Waals surface area contributed by atoms with Crippen LogP contribution in [0.3, 0.4) is 0 Å². The van der Waals surface area contributed by atoms with Crippen LogP contribution in [-0.4, -0.2) is 12.0 Å². The number of benzene rings is 1. The highest BCUT2D eigenvalue weighted by Gasteiger charge is 2.07. The number of aryl methyl sites for hydroxylation is 2. The van der Waals surface area contributed by atoms with E-state index in [9.17, 15) is 0 Å². The lowest BCUT2D eigenvalue weighted by Crippen LogP contribution is -2.18. The molecule has 0 fully saturated rings. The van der Waals surface area contributed by atoms with Gasteiger partial charge < -0.3 is 4.90 Å². The van der Waals surface area contributed by atoms with Crippen LogP contribution >= 0.6 is 15.9 Å². The van der Waals surface area contributed by atoms with E-state index in [0.717, 1.165) is 23.3 Å². The molecule has 0 atom stereocenters. The first-order valence-corrected chi connectivity index (χ1v) is 7.51. The standard InChI is InChI=1S/C16H19BrN2/c1-12-9-14(10-17)7-8-16(12)19(3)11-15-6-4-5-13(2)18-15/h4-9H,10-11H2,1-3H3. The van der Waals surface area contributed by atoms with E-state index in [1.165, 1.54) is 16.8 Å². The van der Waals surface area contributed by atoms with Gasteiger partial charge in [0.1, 0.15) is 0 Å². The molecule has 1 heterocycles. The Morgan fingerprint density at radius 3 is 2.58 bits per heavy atom. The van der Waals surface area contributed by atoms with Gasteiger partial charge in [-0.15, -0.1) is 0 Å². The monoisotopic (exact) mass is 318 g/mol. The second kappa shape index (κ2) is 6.20. The van der Waals surface area contributed by atoms with Gasteiger partial charge in [-0.2, -0.15) is 0 Å². The first-order valence-electron chi connectivity index (χ1n) is 6.39. The van der Waals surface area contributed by atoms with Gasteiger partial charge in [0.2, 0.25) is 0 Å². The lowest BCUT2D eigenvalue weighted by Gasteiger charge is -2.21. The molecule has 0 spiro atoms. The van der Waals surface area contributed by atoms with Crippen molar-refractivity contribution in [3.8, 4) is 0 Å². The predicted molar refractivity (Wildman–Crippen MR) is 84.9 cm³/mol. The van der Waals surface area contributed by atoms with Crippen molar-refractivity contribution in [1.82, 2.24) is 4.98 Å². The van der Waals surface area contributed by atoms with Crippen molar-refractivity contribution < 1.29 is 0 Å². The maximum Gasteiger partial charge on any atom is 0.0600 e. The van der Waals surface area contributed by atoms with E-state index in [-0.39, 0.29) is 0 Å². The Morgan fingerprint density at radius 2 is 1.95 bits per heavy atom. The van der Waals surface area contributed by atoms with E-state index in [1.54, 1.807) is 0 Å². The van der Waals surface area contributed by atoms with Crippen LogP contribution in [0.4, 0.5) is 5.69 Å². The van der Waals surface area contributed by atoms with Gasteiger partial charge in [0.05, 0.1) is 12.2 Å². The minimum atomic E-state index is 0.830. The van der Waals surface area contributed by atoms with E-state index in [0.29, 0.717) is 0 Å². The Bertz CT molecular complexity index is 566. The molecule has 0 N–H and O–H groups in total. The first-order chi connectivity index (χ1) is 9.10. The van der Waals surface area contributed by atoms with Crippen molar-refractivity contribution in [2.24, 2.45) is 0 Å². The highest BCUT2D eigenvalue weighted by atomic mass is 79.9. The van der Waals surface area contributed by atoms with Crippen molar-refractivity contribution in [1.29, 1.82) is 0 Å². The number of alkyl halides is 1. The fraction of sp³-hybridized carbons (Fsp3) is 0.312. The van der Waals surface area contributed by atoms with Gasteiger partial charge in [-0.1, -0.05) is 34.1 Å². The van der Waals surface area contributed by atoms with E-state index < -0.39 is 0 Å². The van der Waals surface area contributed by atoms with Crippen LogP contribution in [0, 0.1) is 13.8 Å². The smallest absolute Gasteiger partial charge is 0.0600 e. The van der Waals surface area contributed by atoms with Gasteiger partial charge in [0.25, 0.3) is 0 Å². The summed E-state index contributed by atoms with van der Waals surface area (Å²) in [5, 5.41) is 0.900. The van der Waals surface area contributed by atoms with Crippen LogP contribution in [0.2, 0.25) is 0 Å². The molecule has 0 aliphatic heterocycles. The summed E-state index contributed by atoms with van der Waals surface area (Å²) in [5.74, 6) is 0. The number of hydrogen-bond acceptors (Lipinski definition) is 2. The summed E-state index contributed by atoms with van der Waals surface area (Å²) in [4.78, 5) is 6.80. The number of aromatic nitrogens is 1. The molecule has 0 radical (unpaired) electrons. The minimum Gasteiger partial charge on any atom is -0.368 e. The van der Waals surface area contributed by atoms with E-state index in [2.05, 4.69) is 70.1 Å². The average Bonchev–Trinajstić information content (AvgIpc) is 2.38. The van der Waals surface area contributed by atoms with Gasteiger partial charge >= 0.3 is 0 Å². The third-order valence-corrected chi connectivity index (χ3v) is 3.82. The third kappa shape index (κ3) is 3.57. The van der Waals surface area contributed by atoms with Crippen molar-refractivity contribution in [2.75, 3.05) is 11.9 Å². The summed E-state index contributed by atoms with van der Waals surface area (Å²) < 4.78 is 0. The summed E-state index contributed by atoms with van der Waals surface area (Å²) in [6.45, 7) is 5.01. The second-order valence-electron chi connectivity index (χ2n) is 4.88. The highest BCUT2D eigenvalue weighted by molar-refractivity contribution is 9.08. The molecule has 0 aliphatic rings. The van der Waals surface area contributed by atoms with Gasteiger partial charge in [0.15, 0.2) is 0 Å². The van der Waals surface area contributed by atoms with E-state index in [4.69, 9.17) is 0 Å². The third-order valence-electron chi connectivity index (χ3n) is 3.17. The molecule has 19 heavy (non-hydrogen) atoms. The van der Waals surface area contributed by atoms with Crippen molar-refractivity contribution in [2.45, 2.75) is 25.7 Å². The molecular formula is C16H19BrN2. The maximum atomic E-state index is 4.55. The van der Waals surface area contributed by atoms with Gasteiger partial charge in [-0.3, -0.25) is 4.98 Å². The summed E-state index contributed by atoms with van der Waals surface area (Å²) in [7, 11) is 2.11. The highest BCUT2D eigenvalue weighted by Crippen LogP contribution is 2.22. The molecule has 0 bridgehead atoms. The SMILES string of the molecule is Cc1cccc(CN(C)c2ccc(CBr)cc2C)n1. The molecule has 3 heteroatoms. The normalized spacial score (nSPS) is 10.5. The summed E-state index contributed by atoms with van der Waals surface area (Å²) in [5.41, 5.74) is 6.03. The Kier molecular flexibility index (Phi) is 4.59. The molecule has 100 valence electrons. The van der Waals surface area contributed by atoms with Crippen molar-refractivity contribution in [3.05, 3.63) is 58.9 Å². The summed E-state index contributed by atoms with van der Waals surface area (Å²) >= 11 is 3.49. The van der Waals surface area contributed by atoms with E-state index >= 15 is 0 Å². The number of nitrogens with zero attached hydrogens (tertiary/aromatic N) is 2. The molecule has 0 unspecified atom stereocenters. The predicted octanol–water partition coefficient (Wildman–Crippen LogP) is 4.23. The number of pyridine rings is 1. The van der Waals surface area contributed by atoms with Crippen LogP contribution in [-0.2, 0) is 11.9 Å². The zero-order valence-electron chi connectivity index (χ0n) is 11.7. The average molecular weight is 319 g/mol. The minimum absolute atomic E-state index is 0.830. The van der Waals surface area contributed by atoms with Crippen LogP contribution in [0.15, 0.2) is 36.4 Å². The quantitative estimate of drug-likeness (QED) is 0.784. The summed E-state index contributed by atoms with van der Waals surface area (Å²) in [6.07, 6.45) is 0. The number of anilines is 1. The molecule has 1 aromatic carbocycles. The molecule has 2 nitrogen and oxygen atoms in total. The first kappa shape index (κ1) is 14.1. The van der Waals surface area contributed by atoms with Gasteiger partial charge in [0, 0.05) is 23.8 Å². The zero-order chi connectivity index (χ0) is 13.8. The molecule has 1 aromatic heterocycles. The van der Waals surface area contributed by atoms with Crippen LogP contribution in [0.25, 0.3) is 0 Å². The Morgan fingerprint density at radius 1 is 1.16 bits per heavy atom. The second-order valence-corrected chi connectivity index (χ2v) is 5.44. The number of rotatable bonds is 4. The van der Waals surface area contributed by atoms with Crippen LogP contribution in [0.1, 0.15) is 22.5 Å². The molecule has 0 saturated heterocycles. The Balaban J connectivity index is 2.18. The topological polar surface area (TPSA) is 16.1 Å². The van der Waals surface area contributed by atoms with E-state index in [1.807, 2.05) is 13.0 Å². The summed E-state index contributed by atoms with van der Waals surface area (Å²) in [6, 6.07) is 12.7. The van der Waals surface area contributed by atoms with Crippen LogP contribution in [0.5, 0.6) is 0 Å². The molecule has 0 amide bonds. The Hall–Kier alpha value is -1.35. The molecule has 0 aliphatic carbocycles. The number of halogens is 1. The van der Waals surface area contributed by atoms with Crippen LogP contribution < -0.4 is 4.90 Å². The Labute approximate surface area is 123 Å². The fourth-order valence-electron chi connectivity index (χ4n) is 2.24. The van der Waals surface area contributed by atoms with Crippen molar-refractivity contribution >= 4 is 21.6 Å². The fourth-order valence-corrected chi connectivity index (χ4v) is 2.59. The lowest BCUT2D eigenvalue weighted by atomic mass is 10.1. The zero-order valence-corrected chi connectivity index (χ0v) is 13.2. The lowest BCUT2D eigenvalue weighted by molar-refractivity contribution is 0.872. The molecule has 2 aromatic rings. The molecular weight excluding hydrogens is 300 g/mol. The largest absolute Gasteiger partial charge is 0.368 e.